The van der Waals surface area contributed by atoms with Crippen LogP contribution in [0.1, 0.15) is 51.0 Å². The van der Waals surface area contributed by atoms with E-state index in [4.69, 9.17) is 4.52 Å². The van der Waals surface area contributed by atoms with Gasteiger partial charge in [-0.2, -0.15) is 0 Å². The standard InChI is InChI=1S/C11H20N2O/c1-4-6-12-8-10-7-11(14-13-10)9(3)5-2/h7,9,12H,4-6,8H2,1-3H3. The van der Waals surface area contributed by atoms with Gasteiger partial charge < -0.3 is 9.84 Å². The quantitative estimate of drug-likeness (QED) is 0.711. The van der Waals surface area contributed by atoms with E-state index >= 15 is 0 Å². The summed E-state index contributed by atoms with van der Waals surface area (Å²) < 4.78 is 5.26. The Balaban J connectivity index is 2.42. The first-order valence-corrected chi connectivity index (χ1v) is 5.44. The van der Waals surface area contributed by atoms with E-state index in [9.17, 15) is 0 Å². The number of hydrogen-bond acceptors (Lipinski definition) is 3. The number of nitrogens with one attached hydrogen (secondary N) is 1. The highest BCUT2D eigenvalue weighted by Crippen LogP contribution is 2.18. The van der Waals surface area contributed by atoms with Gasteiger partial charge in [-0.25, -0.2) is 0 Å². The predicted molar refractivity (Wildman–Crippen MR) is 57.2 cm³/mol. The van der Waals surface area contributed by atoms with E-state index < -0.39 is 0 Å². The highest BCUT2D eigenvalue weighted by Gasteiger charge is 2.09. The highest BCUT2D eigenvalue weighted by atomic mass is 16.5. The van der Waals surface area contributed by atoms with Gasteiger partial charge in [0.2, 0.25) is 0 Å². The van der Waals surface area contributed by atoms with Crippen molar-refractivity contribution in [2.24, 2.45) is 0 Å². The molecule has 0 aliphatic heterocycles. The summed E-state index contributed by atoms with van der Waals surface area (Å²) in [6.07, 6.45) is 2.24. The Labute approximate surface area is 85.9 Å². The maximum absolute atomic E-state index is 5.26. The van der Waals surface area contributed by atoms with Gasteiger partial charge in [-0.3, -0.25) is 0 Å². The molecule has 0 aromatic carbocycles. The number of rotatable bonds is 6. The predicted octanol–water partition coefficient (Wildman–Crippen LogP) is 2.69. The first kappa shape index (κ1) is 11.2. The number of aromatic nitrogens is 1. The molecule has 1 aromatic rings. The van der Waals surface area contributed by atoms with Gasteiger partial charge in [0.1, 0.15) is 5.76 Å². The lowest BCUT2D eigenvalue weighted by Gasteiger charge is -2.00. The summed E-state index contributed by atoms with van der Waals surface area (Å²) in [7, 11) is 0. The minimum atomic E-state index is 0.474. The maximum atomic E-state index is 5.26. The van der Waals surface area contributed by atoms with Crippen LogP contribution in [0, 0.1) is 0 Å². The topological polar surface area (TPSA) is 38.1 Å². The van der Waals surface area contributed by atoms with Gasteiger partial charge in [0, 0.05) is 18.5 Å². The minimum absolute atomic E-state index is 0.474. The zero-order chi connectivity index (χ0) is 10.4. The first-order chi connectivity index (χ1) is 6.77. The first-order valence-electron chi connectivity index (χ1n) is 5.44. The summed E-state index contributed by atoms with van der Waals surface area (Å²) in [6, 6.07) is 2.05. The number of hydrogen-bond donors (Lipinski definition) is 1. The van der Waals surface area contributed by atoms with E-state index in [0.29, 0.717) is 5.92 Å². The van der Waals surface area contributed by atoms with Crippen LogP contribution in [0.4, 0.5) is 0 Å². The van der Waals surface area contributed by atoms with E-state index in [2.05, 4.69) is 37.3 Å². The molecule has 1 aromatic heterocycles. The van der Waals surface area contributed by atoms with Crippen molar-refractivity contribution in [2.45, 2.75) is 46.1 Å². The summed E-state index contributed by atoms with van der Waals surface area (Å²) in [5.74, 6) is 1.48. The third-order valence-electron chi connectivity index (χ3n) is 2.41. The van der Waals surface area contributed by atoms with Crippen molar-refractivity contribution in [1.29, 1.82) is 0 Å². The lowest BCUT2D eigenvalue weighted by Crippen LogP contribution is -2.13. The van der Waals surface area contributed by atoms with Crippen LogP contribution >= 0.6 is 0 Å². The van der Waals surface area contributed by atoms with Crippen molar-refractivity contribution in [3.8, 4) is 0 Å². The fourth-order valence-corrected chi connectivity index (χ4v) is 1.24. The number of nitrogens with zero attached hydrogens (tertiary/aromatic N) is 1. The van der Waals surface area contributed by atoms with Crippen LogP contribution in [-0.2, 0) is 6.54 Å². The van der Waals surface area contributed by atoms with E-state index in [1.807, 2.05) is 0 Å². The summed E-state index contributed by atoms with van der Waals surface area (Å²) in [5.41, 5.74) is 1.01. The summed E-state index contributed by atoms with van der Waals surface area (Å²) >= 11 is 0. The lowest BCUT2D eigenvalue weighted by atomic mass is 10.1. The molecular formula is C11H20N2O. The van der Waals surface area contributed by atoms with E-state index in [1.165, 1.54) is 0 Å². The summed E-state index contributed by atoms with van der Waals surface area (Å²) in [4.78, 5) is 0. The van der Waals surface area contributed by atoms with Gasteiger partial charge >= 0.3 is 0 Å². The fraction of sp³-hybridized carbons (Fsp3) is 0.727. The molecule has 0 aliphatic rings. The van der Waals surface area contributed by atoms with E-state index in [0.717, 1.165) is 37.4 Å². The van der Waals surface area contributed by atoms with Gasteiger partial charge in [-0.15, -0.1) is 0 Å². The molecule has 3 heteroatoms. The van der Waals surface area contributed by atoms with Crippen LogP contribution in [0.5, 0.6) is 0 Å². The third-order valence-corrected chi connectivity index (χ3v) is 2.41. The zero-order valence-corrected chi connectivity index (χ0v) is 9.34. The molecule has 0 bridgehead atoms. The molecular weight excluding hydrogens is 176 g/mol. The minimum Gasteiger partial charge on any atom is -0.361 e. The Morgan fingerprint density at radius 1 is 1.50 bits per heavy atom. The van der Waals surface area contributed by atoms with Gasteiger partial charge in [0.25, 0.3) is 0 Å². The van der Waals surface area contributed by atoms with Crippen LogP contribution in [-0.4, -0.2) is 11.7 Å². The van der Waals surface area contributed by atoms with Gasteiger partial charge in [-0.1, -0.05) is 25.9 Å². The second-order valence-electron chi connectivity index (χ2n) is 3.71. The highest BCUT2D eigenvalue weighted by molar-refractivity contribution is 5.08. The van der Waals surface area contributed by atoms with Crippen LogP contribution in [0.25, 0.3) is 0 Å². The SMILES string of the molecule is CCCNCc1cc(C(C)CC)on1. The monoisotopic (exact) mass is 196 g/mol. The van der Waals surface area contributed by atoms with Gasteiger partial charge in [0.15, 0.2) is 0 Å². The van der Waals surface area contributed by atoms with Gasteiger partial charge in [-0.05, 0) is 19.4 Å². The molecule has 3 nitrogen and oxygen atoms in total. The summed E-state index contributed by atoms with van der Waals surface area (Å²) in [6.45, 7) is 8.31. The molecule has 1 unspecified atom stereocenters. The van der Waals surface area contributed by atoms with Crippen LogP contribution in [0.3, 0.4) is 0 Å². The Bertz CT molecular complexity index is 258. The average molecular weight is 196 g/mol. The van der Waals surface area contributed by atoms with E-state index in [1.54, 1.807) is 0 Å². The molecule has 0 amide bonds. The molecule has 0 saturated carbocycles. The third kappa shape index (κ3) is 3.14. The second-order valence-corrected chi connectivity index (χ2v) is 3.71. The lowest BCUT2D eigenvalue weighted by molar-refractivity contribution is 0.356. The molecule has 80 valence electrons. The van der Waals surface area contributed by atoms with Crippen molar-refractivity contribution in [2.75, 3.05) is 6.54 Å². The van der Waals surface area contributed by atoms with Crippen molar-refractivity contribution in [3.63, 3.8) is 0 Å². The molecule has 1 atom stereocenters. The molecule has 0 radical (unpaired) electrons. The second kappa shape index (κ2) is 5.81. The largest absolute Gasteiger partial charge is 0.361 e. The fourth-order valence-electron chi connectivity index (χ4n) is 1.24. The molecule has 14 heavy (non-hydrogen) atoms. The van der Waals surface area contributed by atoms with Crippen molar-refractivity contribution in [3.05, 3.63) is 17.5 Å². The zero-order valence-electron chi connectivity index (χ0n) is 9.34. The van der Waals surface area contributed by atoms with Crippen molar-refractivity contribution >= 4 is 0 Å². The van der Waals surface area contributed by atoms with Crippen LogP contribution in [0.15, 0.2) is 10.6 Å². The van der Waals surface area contributed by atoms with Crippen molar-refractivity contribution < 1.29 is 4.52 Å². The molecule has 1 rings (SSSR count). The Hall–Kier alpha value is -0.830. The Kier molecular flexibility index (Phi) is 4.66. The maximum Gasteiger partial charge on any atom is 0.139 e. The Morgan fingerprint density at radius 2 is 2.29 bits per heavy atom. The molecule has 0 fully saturated rings. The molecule has 0 aliphatic carbocycles. The van der Waals surface area contributed by atoms with E-state index in [-0.39, 0.29) is 0 Å². The van der Waals surface area contributed by atoms with Gasteiger partial charge in [0.05, 0.1) is 5.69 Å². The Morgan fingerprint density at radius 3 is 2.93 bits per heavy atom. The summed E-state index contributed by atoms with van der Waals surface area (Å²) in [5, 5.41) is 7.32. The van der Waals surface area contributed by atoms with Crippen LogP contribution < -0.4 is 5.32 Å². The molecule has 1 heterocycles. The molecule has 1 N–H and O–H groups in total. The van der Waals surface area contributed by atoms with Crippen LogP contribution in [0.2, 0.25) is 0 Å². The molecule has 0 saturated heterocycles. The average Bonchev–Trinajstić information content (AvgIpc) is 2.66. The van der Waals surface area contributed by atoms with Crippen molar-refractivity contribution in [1.82, 2.24) is 10.5 Å². The normalized spacial score (nSPS) is 13.1. The smallest absolute Gasteiger partial charge is 0.139 e. The molecule has 0 spiro atoms.